The molecule has 2 aliphatic heterocycles. The summed E-state index contributed by atoms with van der Waals surface area (Å²) in [7, 11) is 0. The molecule has 1 atom stereocenters. The van der Waals surface area contributed by atoms with Gasteiger partial charge in [-0.05, 0) is 54.6 Å². The summed E-state index contributed by atoms with van der Waals surface area (Å²) in [6.07, 6.45) is 2.69. The SMILES string of the molecule is Cl.c1ccc(COc2ccc(CN3CCC4(CCNC4)C3)cc2)cc1. The fraction of sp³-hybridized carbons (Fsp3) is 0.429. The topological polar surface area (TPSA) is 24.5 Å². The van der Waals surface area contributed by atoms with Gasteiger partial charge in [0.15, 0.2) is 0 Å². The molecular weight excluding hydrogens is 332 g/mol. The van der Waals surface area contributed by atoms with Gasteiger partial charge < -0.3 is 10.1 Å². The van der Waals surface area contributed by atoms with Crippen LogP contribution in [0.1, 0.15) is 24.0 Å². The van der Waals surface area contributed by atoms with E-state index < -0.39 is 0 Å². The van der Waals surface area contributed by atoms with Crippen molar-refractivity contribution in [3.05, 3.63) is 65.7 Å². The summed E-state index contributed by atoms with van der Waals surface area (Å²) in [5.74, 6) is 0.945. The lowest BCUT2D eigenvalue weighted by Gasteiger charge is -2.22. The summed E-state index contributed by atoms with van der Waals surface area (Å²) < 4.78 is 5.87. The van der Waals surface area contributed by atoms with E-state index in [4.69, 9.17) is 4.74 Å². The molecule has 2 fully saturated rings. The number of nitrogens with zero attached hydrogens (tertiary/aromatic N) is 1. The molecule has 2 saturated heterocycles. The van der Waals surface area contributed by atoms with Gasteiger partial charge in [-0.1, -0.05) is 42.5 Å². The maximum Gasteiger partial charge on any atom is 0.119 e. The van der Waals surface area contributed by atoms with Crippen molar-refractivity contribution < 1.29 is 4.74 Å². The first-order chi connectivity index (χ1) is 11.8. The summed E-state index contributed by atoms with van der Waals surface area (Å²) >= 11 is 0. The third-order valence-electron chi connectivity index (χ3n) is 5.43. The van der Waals surface area contributed by atoms with Crippen LogP contribution in [-0.2, 0) is 13.2 Å². The van der Waals surface area contributed by atoms with Crippen LogP contribution in [0, 0.1) is 5.41 Å². The Morgan fingerprint density at radius 2 is 1.76 bits per heavy atom. The molecular formula is C21H27ClN2O. The number of likely N-dealkylation sites (tertiary alicyclic amines) is 1. The summed E-state index contributed by atoms with van der Waals surface area (Å²) in [5, 5.41) is 3.53. The van der Waals surface area contributed by atoms with E-state index in [2.05, 4.69) is 46.6 Å². The largest absolute Gasteiger partial charge is 0.489 e. The molecule has 2 aromatic carbocycles. The third-order valence-corrected chi connectivity index (χ3v) is 5.43. The quantitative estimate of drug-likeness (QED) is 0.878. The lowest BCUT2D eigenvalue weighted by Crippen LogP contribution is -2.28. The van der Waals surface area contributed by atoms with Gasteiger partial charge in [0, 0.05) is 19.6 Å². The van der Waals surface area contributed by atoms with E-state index in [0.29, 0.717) is 12.0 Å². The Kier molecular flexibility index (Phi) is 6.00. The summed E-state index contributed by atoms with van der Waals surface area (Å²) in [6.45, 7) is 6.56. The molecule has 25 heavy (non-hydrogen) atoms. The van der Waals surface area contributed by atoms with Crippen molar-refractivity contribution >= 4 is 12.4 Å². The molecule has 0 radical (unpaired) electrons. The maximum absolute atomic E-state index is 5.87. The van der Waals surface area contributed by atoms with Gasteiger partial charge in [0.25, 0.3) is 0 Å². The molecule has 0 bridgehead atoms. The van der Waals surface area contributed by atoms with E-state index in [9.17, 15) is 0 Å². The van der Waals surface area contributed by atoms with Crippen LogP contribution >= 0.6 is 12.4 Å². The number of halogens is 1. The Hall–Kier alpha value is -1.55. The smallest absolute Gasteiger partial charge is 0.119 e. The van der Waals surface area contributed by atoms with Crippen LogP contribution in [-0.4, -0.2) is 31.1 Å². The first-order valence-electron chi connectivity index (χ1n) is 9.00. The molecule has 0 aliphatic carbocycles. The van der Waals surface area contributed by atoms with Crippen LogP contribution in [0.4, 0.5) is 0 Å². The van der Waals surface area contributed by atoms with E-state index in [1.165, 1.54) is 50.1 Å². The highest BCUT2D eigenvalue weighted by atomic mass is 35.5. The molecule has 2 aromatic rings. The highest BCUT2D eigenvalue weighted by molar-refractivity contribution is 5.85. The predicted octanol–water partition coefficient (Wildman–Crippen LogP) is 3.87. The van der Waals surface area contributed by atoms with Gasteiger partial charge in [-0.25, -0.2) is 0 Å². The van der Waals surface area contributed by atoms with Crippen LogP contribution in [0.15, 0.2) is 54.6 Å². The van der Waals surface area contributed by atoms with Crippen LogP contribution in [0.2, 0.25) is 0 Å². The Balaban J connectivity index is 0.00000182. The summed E-state index contributed by atoms with van der Waals surface area (Å²) in [4.78, 5) is 2.60. The van der Waals surface area contributed by atoms with Crippen molar-refractivity contribution in [2.45, 2.75) is 26.0 Å². The molecule has 4 rings (SSSR count). The van der Waals surface area contributed by atoms with E-state index >= 15 is 0 Å². The van der Waals surface area contributed by atoms with Crippen molar-refractivity contribution in [2.75, 3.05) is 26.2 Å². The molecule has 134 valence electrons. The van der Waals surface area contributed by atoms with Crippen molar-refractivity contribution in [1.82, 2.24) is 10.2 Å². The second kappa shape index (κ2) is 8.22. The van der Waals surface area contributed by atoms with E-state index in [0.717, 1.165) is 12.3 Å². The first kappa shape index (κ1) is 18.2. The molecule has 1 spiro atoms. The summed E-state index contributed by atoms with van der Waals surface area (Å²) in [6, 6.07) is 18.9. The molecule has 4 heteroatoms. The van der Waals surface area contributed by atoms with E-state index in [1.54, 1.807) is 0 Å². The van der Waals surface area contributed by atoms with E-state index in [1.807, 2.05) is 18.2 Å². The molecule has 3 nitrogen and oxygen atoms in total. The fourth-order valence-electron chi connectivity index (χ4n) is 4.00. The zero-order valence-corrected chi connectivity index (χ0v) is 15.4. The standard InChI is InChI=1S/C21H26N2O.ClH/c1-2-4-19(5-3-1)15-24-20-8-6-18(7-9-20)14-23-13-11-21(17-23)10-12-22-16-21;/h1-9,22H,10-17H2;1H. The Labute approximate surface area is 156 Å². The fourth-order valence-corrected chi connectivity index (χ4v) is 4.00. The number of ether oxygens (including phenoxy) is 1. The lowest BCUT2D eigenvalue weighted by molar-refractivity contribution is 0.268. The summed E-state index contributed by atoms with van der Waals surface area (Å²) in [5.41, 5.74) is 3.14. The minimum Gasteiger partial charge on any atom is -0.489 e. The highest BCUT2D eigenvalue weighted by Gasteiger charge is 2.39. The minimum absolute atomic E-state index is 0. The van der Waals surface area contributed by atoms with Gasteiger partial charge in [0.1, 0.15) is 12.4 Å². The molecule has 0 saturated carbocycles. The van der Waals surface area contributed by atoms with Gasteiger partial charge >= 0.3 is 0 Å². The van der Waals surface area contributed by atoms with Crippen LogP contribution in [0.25, 0.3) is 0 Å². The number of nitrogens with one attached hydrogen (secondary N) is 1. The average molecular weight is 359 g/mol. The average Bonchev–Trinajstić information content (AvgIpc) is 3.25. The Morgan fingerprint density at radius 1 is 0.960 bits per heavy atom. The van der Waals surface area contributed by atoms with E-state index in [-0.39, 0.29) is 12.4 Å². The lowest BCUT2D eigenvalue weighted by atomic mass is 9.86. The molecule has 0 aromatic heterocycles. The molecule has 1 N–H and O–H groups in total. The second-order valence-electron chi connectivity index (χ2n) is 7.31. The predicted molar refractivity (Wildman–Crippen MR) is 104 cm³/mol. The van der Waals surface area contributed by atoms with Crippen molar-refractivity contribution in [1.29, 1.82) is 0 Å². The Morgan fingerprint density at radius 3 is 2.48 bits per heavy atom. The Bertz CT molecular complexity index is 653. The van der Waals surface area contributed by atoms with Gasteiger partial charge in [0.05, 0.1) is 0 Å². The van der Waals surface area contributed by atoms with Gasteiger partial charge in [-0.3, -0.25) is 4.90 Å². The zero-order valence-electron chi connectivity index (χ0n) is 14.6. The molecule has 0 amide bonds. The first-order valence-corrected chi connectivity index (χ1v) is 9.00. The van der Waals surface area contributed by atoms with Gasteiger partial charge in [0.2, 0.25) is 0 Å². The molecule has 1 unspecified atom stereocenters. The van der Waals surface area contributed by atoms with Gasteiger partial charge in [-0.15, -0.1) is 12.4 Å². The second-order valence-corrected chi connectivity index (χ2v) is 7.31. The van der Waals surface area contributed by atoms with Crippen molar-refractivity contribution in [2.24, 2.45) is 5.41 Å². The van der Waals surface area contributed by atoms with Crippen LogP contribution in [0.3, 0.4) is 0 Å². The zero-order chi connectivity index (χ0) is 16.2. The third kappa shape index (κ3) is 4.55. The molecule has 2 aliphatic rings. The van der Waals surface area contributed by atoms with Crippen LogP contribution < -0.4 is 10.1 Å². The monoisotopic (exact) mass is 358 g/mol. The van der Waals surface area contributed by atoms with Crippen LogP contribution in [0.5, 0.6) is 5.75 Å². The normalized spacial score (nSPS) is 22.9. The number of benzene rings is 2. The van der Waals surface area contributed by atoms with Gasteiger partial charge in [-0.2, -0.15) is 0 Å². The minimum atomic E-state index is 0. The van der Waals surface area contributed by atoms with Crippen molar-refractivity contribution in [3.8, 4) is 5.75 Å². The highest BCUT2D eigenvalue weighted by Crippen LogP contribution is 2.36. The molecule has 2 heterocycles. The number of hydrogen-bond donors (Lipinski definition) is 1. The maximum atomic E-state index is 5.87. The van der Waals surface area contributed by atoms with Crippen molar-refractivity contribution in [3.63, 3.8) is 0 Å². The number of rotatable bonds is 5. The number of hydrogen-bond acceptors (Lipinski definition) is 3.